The summed E-state index contributed by atoms with van der Waals surface area (Å²) in [4.78, 5) is -0.358. The number of ether oxygens (including phenoxy) is 5. The maximum absolute atomic E-state index is 12.9. The Morgan fingerprint density at radius 2 is 1.29 bits per heavy atom. The van der Waals surface area contributed by atoms with Gasteiger partial charge in [0.05, 0.1) is 39.0 Å². The molecule has 9 nitrogen and oxygen atoms in total. The number of alkyl halides is 3. The van der Waals surface area contributed by atoms with E-state index in [0.29, 0.717) is 28.4 Å². The smallest absolute Gasteiger partial charge is 0.503 e. The number of aromatic hydroxyl groups is 1. The molecule has 0 saturated carbocycles. The molecule has 13 heteroatoms. The lowest BCUT2D eigenvalue weighted by atomic mass is 10.1. The van der Waals surface area contributed by atoms with E-state index in [1.807, 2.05) is 0 Å². The molecule has 0 amide bonds. The van der Waals surface area contributed by atoms with E-state index in [0.717, 1.165) is 24.3 Å². The summed E-state index contributed by atoms with van der Waals surface area (Å²) in [7, 11) is 1.42. The lowest BCUT2D eigenvalue weighted by Gasteiger charge is -2.14. The van der Waals surface area contributed by atoms with Crippen LogP contribution in [0.25, 0.3) is 12.2 Å². The van der Waals surface area contributed by atoms with Gasteiger partial charge in [0.2, 0.25) is 5.75 Å². The molecule has 0 atom stereocenters. The quantitative estimate of drug-likeness (QED) is 0.256. The minimum Gasteiger partial charge on any atom is -0.503 e. The number of methoxy groups -OCH3 is 4. The second-order valence-corrected chi connectivity index (χ2v) is 9.22. The summed E-state index contributed by atoms with van der Waals surface area (Å²) >= 11 is 0. The molecule has 0 radical (unpaired) electrons. The number of hydrogen-bond donors (Lipinski definition) is 2. The number of phenolic OH excluding ortho intramolecular Hbond substituents is 1. The third kappa shape index (κ3) is 6.73. The Bertz CT molecular complexity index is 1400. The van der Waals surface area contributed by atoms with Crippen LogP contribution < -0.4 is 28.4 Å². The molecule has 0 heterocycles. The van der Waals surface area contributed by atoms with Gasteiger partial charge in [0.25, 0.3) is 10.0 Å². The minimum atomic E-state index is -4.92. The van der Waals surface area contributed by atoms with Crippen molar-refractivity contribution >= 4 is 27.9 Å². The first-order valence-electron chi connectivity index (χ1n) is 10.7. The first kappa shape index (κ1) is 28.3. The Labute approximate surface area is 217 Å². The van der Waals surface area contributed by atoms with Crippen molar-refractivity contribution in [1.82, 2.24) is 0 Å². The molecule has 0 unspecified atom stereocenters. The zero-order chi connectivity index (χ0) is 28.1. The van der Waals surface area contributed by atoms with Gasteiger partial charge in [-0.05, 0) is 59.7 Å². The van der Waals surface area contributed by atoms with Crippen LogP contribution in [0.15, 0.2) is 53.4 Å². The highest BCUT2D eigenvalue weighted by Crippen LogP contribution is 2.40. The summed E-state index contributed by atoms with van der Waals surface area (Å²) < 4.78 is 90.0. The number of benzene rings is 3. The van der Waals surface area contributed by atoms with Crippen LogP contribution in [0, 0.1) is 0 Å². The van der Waals surface area contributed by atoms with Crippen LogP contribution in [-0.2, 0) is 10.0 Å². The van der Waals surface area contributed by atoms with E-state index in [1.54, 1.807) is 24.3 Å². The van der Waals surface area contributed by atoms with Crippen LogP contribution in [0.1, 0.15) is 11.1 Å². The van der Waals surface area contributed by atoms with Gasteiger partial charge in [-0.15, -0.1) is 13.2 Å². The highest BCUT2D eigenvalue weighted by atomic mass is 32.2. The van der Waals surface area contributed by atoms with Crippen molar-refractivity contribution in [3.8, 4) is 34.5 Å². The Kier molecular flexibility index (Phi) is 8.51. The van der Waals surface area contributed by atoms with Crippen molar-refractivity contribution in [3.63, 3.8) is 0 Å². The van der Waals surface area contributed by atoms with Crippen LogP contribution in [0.5, 0.6) is 34.5 Å². The molecular weight excluding hydrogens is 531 g/mol. The van der Waals surface area contributed by atoms with E-state index in [4.69, 9.17) is 18.9 Å². The van der Waals surface area contributed by atoms with Crippen molar-refractivity contribution in [2.24, 2.45) is 0 Å². The van der Waals surface area contributed by atoms with Gasteiger partial charge in [0.1, 0.15) is 5.75 Å². The SMILES string of the molecule is COc1cc(C=Cc2cc(OC)c(OC)c(OC)c2)cc(NS(=O)(=O)c2ccc(OC(F)(F)F)cc2)c1O. The maximum Gasteiger partial charge on any atom is 0.573 e. The highest BCUT2D eigenvalue weighted by molar-refractivity contribution is 7.92. The molecular formula is C25H24F3NO8S. The number of rotatable bonds is 10. The maximum atomic E-state index is 12.9. The minimum absolute atomic E-state index is 0.0244. The summed E-state index contributed by atoms with van der Waals surface area (Å²) in [5.74, 6) is 0.166. The Morgan fingerprint density at radius 3 is 1.76 bits per heavy atom. The number of anilines is 1. The first-order valence-corrected chi connectivity index (χ1v) is 12.2. The van der Waals surface area contributed by atoms with E-state index < -0.39 is 27.9 Å². The Balaban J connectivity index is 1.93. The Morgan fingerprint density at radius 1 is 0.789 bits per heavy atom. The lowest BCUT2D eigenvalue weighted by molar-refractivity contribution is -0.274. The van der Waals surface area contributed by atoms with Crippen molar-refractivity contribution in [1.29, 1.82) is 0 Å². The lowest BCUT2D eigenvalue weighted by Crippen LogP contribution is -2.17. The molecule has 0 spiro atoms. The predicted octanol–water partition coefficient (Wildman–Crippen LogP) is 5.30. The van der Waals surface area contributed by atoms with Crippen molar-refractivity contribution in [2.45, 2.75) is 11.3 Å². The average Bonchev–Trinajstić information content (AvgIpc) is 2.87. The van der Waals surface area contributed by atoms with Gasteiger partial charge in [-0.2, -0.15) is 0 Å². The largest absolute Gasteiger partial charge is 0.573 e. The monoisotopic (exact) mass is 555 g/mol. The Hall–Kier alpha value is -4.26. The summed E-state index contributed by atoms with van der Waals surface area (Å²) in [5, 5.41) is 10.5. The van der Waals surface area contributed by atoms with Crippen molar-refractivity contribution in [3.05, 3.63) is 59.7 Å². The van der Waals surface area contributed by atoms with E-state index in [-0.39, 0.29) is 16.3 Å². The fraction of sp³-hybridized carbons (Fsp3) is 0.200. The van der Waals surface area contributed by atoms with Gasteiger partial charge in [0.15, 0.2) is 23.0 Å². The average molecular weight is 556 g/mol. The first-order chi connectivity index (χ1) is 17.9. The molecule has 0 saturated heterocycles. The summed E-state index contributed by atoms with van der Waals surface area (Å²) in [6, 6.07) is 9.82. The van der Waals surface area contributed by atoms with E-state index >= 15 is 0 Å². The van der Waals surface area contributed by atoms with Crippen LogP contribution in [-0.4, -0.2) is 48.3 Å². The zero-order valence-electron chi connectivity index (χ0n) is 20.6. The van der Waals surface area contributed by atoms with E-state index in [9.17, 15) is 26.7 Å². The van der Waals surface area contributed by atoms with Crippen LogP contribution in [0.2, 0.25) is 0 Å². The second-order valence-electron chi connectivity index (χ2n) is 7.54. The molecule has 3 aromatic carbocycles. The van der Waals surface area contributed by atoms with Gasteiger partial charge in [0, 0.05) is 0 Å². The molecule has 2 N–H and O–H groups in total. The van der Waals surface area contributed by atoms with E-state index in [2.05, 4.69) is 9.46 Å². The van der Waals surface area contributed by atoms with Gasteiger partial charge in [-0.25, -0.2) is 8.42 Å². The molecule has 38 heavy (non-hydrogen) atoms. The zero-order valence-corrected chi connectivity index (χ0v) is 21.4. The topological polar surface area (TPSA) is 113 Å². The molecule has 0 bridgehead atoms. The number of sulfonamides is 1. The molecule has 0 aromatic heterocycles. The fourth-order valence-electron chi connectivity index (χ4n) is 3.37. The van der Waals surface area contributed by atoms with Gasteiger partial charge < -0.3 is 28.8 Å². The van der Waals surface area contributed by atoms with Gasteiger partial charge >= 0.3 is 6.36 Å². The summed E-state index contributed by atoms with van der Waals surface area (Å²) in [5.41, 5.74) is 0.888. The molecule has 3 rings (SSSR count). The van der Waals surface area contributed by atoms with Crippen molar-refractivity contribution < 1.29 is 50.4 Å². The third-order valence-corrected chi connectivity index (χ3v) is 6.47. The number of phenols is 1. The molecule has 0 aliphatic rings. The summed E-state index contributed by atoms with van der Waals surface area (Å²) in [6.45, 7) is 0. The van der Waals surface area contributed by atoms with Crippen molar-refractivity contribution in [2.75, 3.05) is 33.2 Å². The fourth-order valence-corrected chi connectivity index (χ4v) is 4.43. The molecule has 0 fully saturated rings. The van der Waals surface area contributed by atoms with Crippen LogP contribution in [0.4, 0.5) is 18.9 Å². The predicted molar refractivity (Wildman–Crippen MR) is 134 cm³/mol. The number of hydrogen-bond acceptors (Lipinski definition) is 8. The van der Waals surface area contributed by atoms with Gasteiger partial charge in [-0.3, -0.25) is 4.72 Å². The van der Waals surface area contributed by atoms with E-state index in [1.165, 1.54) is 40.6 Å². The molecule has 0 aliphatic carbocycles. The second kappa shape index (κ2) is 11.4. The normalized spacial score (nSPS) is 11.8. The summed E-state index contributed by atoms with van der Waals surface area (Å²) in [6.07, 6.45) is -1.60. The third-order valence-electron chi connectivity index (χ3n) is 5.08. The standard InChI is InChI=1S/C25H24F3NO8S/c1-33-20-12-15(5-6-16-13-21(34-2)24(36-4)22(14-16)35-3)11-19(23(20)30)29-38(31,32)18-9-7-17(8-10-18)37-25(26,27)28/h5-14,29-30H,1-4H3. The number of halogens is 3. The molecule has 3 aromatic rings. The molecule has 204 valence electrons. The number of nitrogens with one attached hydrogen (secondary N) is 1. The van der Waals surface area contributed by atoms with Crippen LogP contribution in [0.3, 0.4) is 0 Å². The van der Waals surface area contributed by atoms with Gasteiger partial charge in [-0.1, -0.05) is 12.2 Å². The van der Waals surface area contributed by atoms with Crippen LogP contribution >= 0.6 is 0 Å². The molecule has 0 aliphatic heterocycles. The highest BCUT2D eigenvalue weighted by Gasteiger charge is 2.31.